The van der Waals surface area contributed by atoms with Crippen LogP contribution in [0.1, 0.15) is 11.1 Å². The summed E-state index contributed by atoms with van der Waals surface area (Å²) in [4.78, 5) is 14.2. The van der Waals surface area contributed by atoms with Crippen LogP contribution in [0.4, 0.5) is 0 Å². The fraction of sp³-hybridized carbons (Fsp3) is 0.278. The number of hydrogen-bond donors (Lipinski definition) is 0. The molecule has 2 aromatic rings. The number of nitrogens with zero attached hydrogens (tertiary/aromatic N) is 1. The summed E-state index contributed by atoms with van der Waals surface area (Å²) in [6.45, 7) is 1.27. The van der Waals surface area contributed by atoms with E-state index in [0.717, 1.165) is 12.0 Å². The van der Waals surface area contributed by atoms with Gasteiger partial charge in [0.25, 0.3) is 5.91 Å². The van der Waals surface area contributed by atoms with Gasteiger partial charge in [-0.1, -0.05) is 29.8 Å². The van der Waals surface area contributed by atoms with Crippen LogP contribution in [0.2, 0.25) is 5.02 Å². The van der Waals surface area contributed by atoms with Crippen LogP contribution in [0.3, 0.4) is 0 Å². The van der Waals surface area contributed by atoms with Gasteiger partial charge in [-0.3, -0.25) is 4.79 Å². The predicted molar refractivity (Wildman–Crippen MR) is 89.1 cm³/mol. The molecular weight excluding hydrogens is 314 g/mol. The van der Waals surface area contributed by atoms with Crippen molar-refractivity contribution in [2.24, 2.45) is 0 Å². The molecule has 5 heteroatoms. The summed E-state index contributed by atoms with van der Waals surface area (Å²) in [6, 6.07) is 13.2. The normalized spacial score (nSPS) is 13.4. The number of amides is 1. The first kappa shape index (κ1) is 15.7. The predicted octanol–water partition coefficient (Wildman–Crippen LogP) is 3.31. The van der Waals surface area contributed by atoms with E-state index in [-0.39, 0.29) is 12.5 Å². The van der Waals surface area contributed by atoms with Gasteiger partial charge in [0.1, 0.15) is 0 Å². The maximum atomic E-state index is 12.4. The zero-order chi connectivity index (χ0) is 16.2. The molecule has 0 atom stereocenters. The third-order valence-corrected chi connectivity index (χ3v) is 4.19. The molecule has 3 rings (SSSR count). The SMILES string of the molecule is COc1ccccc1OCC(=O)N1CCc2ccc(Cl)cc2C1. The van der Waals surface area contributed by atoms with Gasteiger partial charge < -0.3 is 14.4 Å². The average molecular weight is 332 g/mol. The summed E-state index contributed by atoms with van der Waals surface area (Å²) in [5.41, 5.74) is 2.36. The highest BCUT2D eigenvalue weighted by Gasteiger charge is 2.21. The number of fused-ring (bicyclic) bond motifs is 1. The van der Waals surface area contributed by atoms with Gasteiger partial charge >= 0.3 is 0 Å². The van der Waals surface area contributed by atoms with Gasteiger partial charge in [0, 0.05) is 18.1 Å². The molecule has 0 aliphatic carbocycles. The molecule has 0 saturated heterocycles. The van der Waals surface area contributed by atoms with Gasteiger partial charge in [-0.05, 0) is 41.8 Å². The standard InChI is InChI=1S/C18H18ClNO3/c1-22-16-4-2-3-5-17(16)23-12-18(21)20-9-8-13-6-7-15(19)10-14(13)11-20/h2-7,10H,8-9,11-12H2,1H3. The van der Waals surface area contributed by atoms with Crippen LogP contribution in [0.25, 0.3) is 0 Å². The molecule has 0 unspecified atom stereocenters. The quantitative estimate of drug-likeness (QED) is 0.862. The van der Waals surface area contributed by atoms with Gasteiger partial charge in [-0.15, -0.1) is 0 Å². The number of benzene rings is 2. The molecule has 1 heterocycles. The van der Waals surface area contributed by atoms with E-state index < -0.39 is 0 Å². The molecule has 23 heavy (non-hydrogen) atoms. The third kappa shape index (κ3) is 3.59. The molecular formula is C18H18ClNO3. The van der Waals surface area contributed by atoms with Crippen molar-refractivity contribution in [1.82, 2.24) is 4.90 Å². The molecule has 4 nitrogen and oxygen atoms in total. The van der Waals surface area contributed by atoms with Crippen molar-refractivity contribution in [3.8, 4) is 11.5 Å². The third-order valence-electron chi connectivity index (χ3n) is 3.95. The summed E-state index contributed by atoms with van der Waals surface area (Å²) in [6.07, 6.45) is 0.840. The average Bonchev–Trinajstić information content (AvgIpc) is 2.59. The first-order chi connectivity index (χ1) is 11.2. The Morgan fingerprint density at radius 3 is 2.74 bits per heavy atom. The lowest BCUT2D eigenvalue weighted by Crippen LogP contribution is -2.38. The fourth-order valence-corrected chi connectivity index (χ4v) is 2.90. The van der Waals surface area contributed by atoms with E-state index in [0.29, 0.717) is 29.6 Å². The molecule has 2 aromatic carbocycles. The number of methoxy groups -OCH3 is 1. The Hall–Kier alpha value is -2.20. The van der Waals surface area contributed by atoms with Crippen molar-refractivity contribution in [1.29, 1.82) is 0 Å². The second kappa shape index (κ2) is 6.92. The topological polar surface area (TPSA) is 38.8 Å². The molecule has 0 N–H and O–H groups in total. The van der Waals surface area contributed by atoms with Crippen molar-refractivity contribution in [3.63, 3.8) is 0 Å². The van der Waals surface area contributed by atoms with E-state index in [1.165, 1.54) is 5.56 Å². The van der Waals surface area contributed by atoms with Crippen LogP contribution in [-0.4, -0.2) is 31.1 Å². The lowest BCUT2D eigenvalue weighted by molar-refractivity contribution is -0.134. The number of para-hydroxylation sites is 2. The maximum absolute atomic E-state index is 12.4. The zero-order valence-corrected chi connectivity index (χ0v) is 13.7. The number of carbonyl (C=O) groups excluding carboxylic acids is 1. The molecule has 1 aliphatic heterocycles. The Morgan fingerprint density at radius 1 is 1.17 bits per heavy atom. The van der Waals surface area contributed by atoms with Crippen molar-refractivity contribution in [2.75, 3.05) is 20.3 Å². The second-order valence-electron chi connectivity index (χ2n) is 5.42. The minimum Gasteiger partial charge on any atom is -0.493 e. The molecule has 1 aliphatic rings. The fourth-order valence-electron chi connectivity index (χ4n) is 2.71. The molecule has 1 amide bonds. The van der Waals surface area contributed by atoms with Gasteiger partial charge in [0.05, 0.1) is 7.11 Å². The van der Waals surface area contributed by atoms with E-state index in [2.05, 4.69) is 0 Å². The Balaban J connectivity index is 1.63. The van der Waals surface area contributed by atoms with E-state index >= 15 is 0 Å². The van der Waals surface area contributed by atoms with Crippen LogP contribution in [0, 0.1) is 0 Å². The summed E-state index contributed by atoms with van der Waals surface area (Å²) in [5, 5.41) is 0.698. The molecule has 0 aromatic heterocycles. The van der Waals surface area contributed by atoms with Crippen LogP contribution in [0.5, 0.6) is 11.5 Å². The van der Waals surface area contributed by atoms with Crippen LogP contribution in [0.15, 0.2) is 42.5 Å². The van der Waals surface area contributed by atoms with Gasteiger partial charge in [0.2, 0.25) is 0 Å². The summed E-state index contributed by atoms with van der Waals surface area (Å²) < 4.78 is 10.8. The van der Waals surface area contributed by atoms with Gasteiger partial charge in [-0.25, -0.2) is 0 Å². The molecule has 0 fully saturated rings. The van der Waals surface area contributed by atoms with E-state index in [9.17, 15) is 4.79 Å². The minimum absolute atomic E-state index is 0.00370. The van der Waals surface area contributed by atoms with Crippen molar-refractivity contribution in [3.05, 3.63) is 58.6 Å². The molecule has 0 radical (unpaired) electrons. The van der Waals surface area contributed by atoms with E-state index in [4.69, 9.17) is 21.1 Å². The van der Waals surface area contributed by atoms with E-state index in [1.807, 2.05) is 30.3 Å². The Bertz CT molecular complexity index is 717. The molecule has 120 valence electrons. The molecule has 0 bridgehead atoms. The Kier molecular flexibility index (Phi) is 4.72. The number of carbonyl (C=O) groups is 1. The monoisotopic (exact) mass is 331 g/mol. The van der Waals surface area contributed by atoms with Gasteiger partial charge in [-0.2, -0.15) is 0 Å². The van der Waals surface area contributed by atoms with Crippen molar-refractivity contribution < 1.29 is 14.3 Å². The van der Waals surface area contributed by atoms with Gasteiger partial charge in [0.15, 0.2) is 18.1 Å². The Labute approximate surface area is 140 Å². The highest BCUT2D eigenvalue weighted by molar-refractivity contribution is 6.30. The number of rotatable bonds is 4. The largest absolute Gasteiger partial charge is 0.493 e. The number of ether oxygens (including phenoxy) is 2. The zero-order valence-electron chi connectivity index (χ0n) is 12.9. The molecule has 0 saturated carbocycles. The van der Waals surface area contributed by atoms with Crippen LogP contribution >= 0.6 is 11.6 Å². The number of hydrogen-bond acceptors (Lipinski definition) is 3. The second-order valence-corrected chi connectivity index (χ2v) is 5.85. The maximum Gasteiger partial charge on any atom is 0.260 e. The van der Waals surface area contributed by atoms with E-state index in [1.54, 1.807) is 24.1 Å². The van der Waals surface area contributed by atoms with Crippen LogP contribution < -0.4 is 9.47 Å². The highest BCUT2D eigenvalue weighted by atomic mass is 35.5. The Morgan fingerprint density at radius 2 is 1.96 bits per heavy atom. The van der Waals surface area contributed by atoms with Crippen molar-refractivity contribution >= 4 is 17.5 Å². The smallest absolute Gasteiger partial charge is 0.260 e. The summed E-state index contributed by atoms with van der Waals surface area (Å²) >= 11 is 6.04. The minimum atomic E-state index is -0.0402. The first-order valence-electron chi connectivity index (χ1n) is 7.48. The first-order valence-corrected chi connectivity index (χ1v) is 7.86. The van der Waals surface area contributed by atoms with Crippen LogP contribution in [-0.2, 0) is 17.8 Å². The summed E-state index contributed by atoms with van der Waals surface area (Å²) in [5.74, 6) is 1.15. The summed E-state index contributed by atoms with van der Waals surface area (Å²) in [7, 11) is 1.58. The lowest BCUT2D eigenvalue weighted by Gasteiger charge is -2.29. The molecule has 0 spiro atoms. The van der Waals surface area contributed by atoms with Crippen molar-refractivity contribution in [2.45, 2.75) is 13.0 Å². The highest BCUT2D eigenvalue weighted by Crippen LogP contribution is 2.26. The lowest BCUT2D eigenvalue weighted by atomic mass is 10.00. The number of halogens is 1.